The molecule has 0 unspecified atom stereocenters. The minimum Gasteiger partial charge on any atom is -0.481 e. The third kappa shape index (κ3) is 5.00. The number of carboxylic acids is 1. The average molecular weight is 317 g/mol. The van der Waals surface area contributed by atoms with Gasteiger partial charge < -0.3 is 10.4 Å². The van der Waals surface area contributed by atoms with Gasteiger partial charge in [-0.2, -0.15) is 11.3 Å². The van der Waals surface area contributed by atoms with Crippen molar-refractivity contribution in [2.45, 2.75) is 19.8 Å². The summed E-state index contributed by atoms with van der Waals surface area (Å²) >= 11 is 1.54. The second kappa shape index (κ2) is 7.75. The van der Waals surface area contributed by atoms with Gasteiger partial charge in [-0.3, -0.25) is 9.59 Å². The molecule has 1 atom stereocenters. The number of carboxylic acid groups (broad SMARTS) is 1. The van der Waals surface area contributed by atoms with Crippen molar-refractivity contribution >= 4 is 23.2 Å². The van der Waals surface area contributed by atoms with Crippen LogP contribution >= 0.6 is 11.3 Å². The highest BCUT2D eigenvalue weighted by atomic mass is 32.1. The zero-order valence-electron chi connectivity index (χ0n) is 12.4. The summed E-state index contributed by atoms with van der Waals surface area (Å²) in [6.07, 6.45) is 0.704. The van der Waals surface area contributed by atoms with E-state index in [4.69, 9.17) is 0 Å². The third-order valence-corrected chi connectivity index (χ3v) is 4.14. The maximum atomic E-state index is 11.8. The fourth-order valence-electron chi connectivity index (χ4n) is 2.25. The van der Waals surface area contributed by atoms with Gasteiger partial charge in [0.25, 0.3) is 0 Å². The normalized spacial score (nSPS) is 11.9. The number of nitrogens with one attached hydrogen (secondary N) is 1. The molecule has 0 fully saturated rings. The molecule has 2 aromatic rings. The average Bonchev–Trinajstić information content (AvgIpc) is 2.96. The van der Waals surface area contributed by atoms with Crippen LogP contribution in [0.4, 0.5) is 0 Å². The smallest absolute Gasteiger partial charge is 0.308 e. The van der Waals surface area contributed by atoms with Gasteiger partial charge in [0.2, 0.25) is 5.91 Å². The van der Waals surface area contributed by atoms with Gasteiger partial charge in [0, 0.05) is 6.54 Å². The topological polar surface area (TPSA) is 66.4 Å². The number of aliphatic carboxylic acids is 1. The van der Waals surface area contributed by atoms with Crippen molar-refractivity contribution in [3.8, 4) is 0 Å². The first-order chi connectivity index (χ1) is 10.5. The molecule has 1 amide bonds. The molecule has 2 N–H and O–H groups in total. The lowest BCUT2D eigenvalue weighted by Gasteiger charge is -2.14. The number of amides is 1. The molecule has 116 valence electrons. The molecule has 0 saturated heterocycles. The van der Waals surface area contributed by atoms with Crippen LogP contribution in [0.2, 0.25) is 0 Å². The van der Waals surface area contributed by atoms with Gasteiger partial charge in [0.05, 0.1) is 12.3 Å². The Labute approximate surface area is 133 Å². The Morgan fingerprint density at radius 2 is 2.09 bits per heavy atom. The lowest BCUT2D eigenvalue weighted by atomic mass is 9.98. The van der Waals surface area contributed by atoms with E-state index in [9.17, 15) is 14.7 Å². The lowest BCUT2D eigenvalue weighted by molar-refractivity contribution is -0.141. The van der Waals surface area contributed by atoms with Crippen LogP contribution in [-0.2, 0) is 22.4 Å². The minimum absolute atomic E-state index is 0.145. The summed E-state index contributed by atoms with van der Waals surface area (Å²) < 4.78 is 0. The molecule has 22 heavy (non-hydrogen) atoms. The monoisotopic (exact) mass is 317 g/mol. The molecule has 0 bridgehead atoms. The molecule has 0 spiro atoms. The van der Waals surface area contributed by atoms with Crippen LogP contribution in [0.5, 0.6) is 0 Å². The second-order valence-corrected chi connectivity index (χ2v) is 6.12. The van der Waals surface area contributed by atoms with E-state index < -0.39 is 11.9 Å². The highest BCUT2D eigenvalue weighted by molar-refractivity contribution is 7.07. The summed E-state index contributed by atoms with van der Waals surface area (Å²) in [5, 5.41) is 15.9. The molecule has 4 nitrogen and oxygen atoms in total. The van der Waals surface area contributed by atoms with Crippen LogP contribution in [0.25, 0.3) is 0 Å². The molecular weight excluding hydrogens is 298 g/mol. The fraction of sp³-hybridized carbons (Fsp3) is 0.294. The van der Waals surface area contributed by atoms with Crippen LogP contribution in [0.1, 0.15) is 16.7 Å². The van der Waals surface area contributed by atoms with Crippen LogP contribution < -0.4 is 5.32 Å². The molecule has 2 rings (SSSR count). The number of rotatable bonds is 7. The molecule has 1 aromatic carbocycles. The largest absolute Gasteiger partial charge is 0.481 e. The molecule has 0 aliphatic heterocycles. The van der Waals surface area contributed by atoms with Crippen molar-refractivity contribution in [2.24, 2.45) is 5.92 Å². The van der Waals surface area contributed by atoms with Crippen LogP contribution in [-0.4, -0.2) is 23.5 Å². The van der Waals surface area contributed by atoms with Gasteiger partial charge >= 0.3 is 5.97 Å². The summed E-state index contributed by atoms with van der Waals surface area (Å²) in [5.41, 5.74) is 3.02. The van der Waals surface area contributed by atoms with Gasteiger partial charge in [0.1, 0.15) is 0 Å². The Morgan fingerprint density at radius 1 is 1.27 bits per heavy atom. The van der Waals surface area contributed by atoms with Crippen molar-refractivity contribution in [1.82, 2.24) is 5.32 Å². The van der Waals surface area contributed by atoms with Gasteiger partial charge in [-0.25, -0.2) is 0 Å². The Kier molecular flexibility index (Phi) is 5.72. The number of hydrogen-bond acceptors (Lipinski definition) is 3. The molecule has 0 aliphatic rings. The number of carbonyl (C=O) groups is 2. The molecular formula is C17H19NO3S. The molecule has 0 radical (unpaired) electrons. The molecule has 1 heterocycles. The van der Waals surface area contributed by atoms with E-state index in [1.54, 1.807) is 0 Å². The first-order valence-corrected chi connectivity index (χ1v) is 8.05. The Balaban J connectivity index is 1.89. The minimum atomic E-state index is -0.891. The van der Waals surface area contributed by atoms with E-state index >= 15 is 0 Å². The van der Waals surface area contributed by atoms with Gasteiger partial charge in [-0.1, -0.05) is 29.8 Å². The van der Waals surface area contributed by atoms with Crippen LogP contribution in [0.3, 0.4) is 0 Å². The number of thiophene rings is 1. The zero-order valence-corrected chi connectivity index (χ0v) is 13.2. The van der Waals surface area contributed by atoms with Crippen molar-refractivity contribution in [3.05, 3.63) is 57.8 Å². The van der Waals surface area contributed by atoms with Gasteiger partial charge in [0.15, 0.2) is 0 Å². The number of benzene rings is 1. The van der Waals surface area contributed by atoms with Crippen LogP contribution in [0.15, 0.2) is 41.1 Å². The Hall–Kier alpha value is -2.14. The molecule has 1 aromatic heterocycles. The summed E-state index contributed by atoms with van der Waals surface area (Å²) in [7, 11) is 0. The highest BCUT2D eigenvalue weighted by Crippen LogP contribution is 2.11. The molecule has 0 saturated carbocycles. The van der Waals surface area contributed by atoms with E-state index in [1.165, 1.54) is 11.3 Å². The quantitative estimate of drug-likeness (QED) is 0.825. The summed E-state index contributed by atoms with van der Waals surface area (Å²) in [4.78, 5) is 23.2. The van der Waals surface area contributed by atoms with E-state index in [0.29, 0.717) is 12.8 Å². The predicted molar refractivity (Wildman–Crippen MR) is 87.0 cm³/mol. The van der Waals surface area contributed by atoms with E-state index in [2.05, 4.69) is 5.32 Å². The number of aryl methyl sites for hydroxylation is 1. The first-order valence-electron chi connectivity index (χ1n) is 7.10. The second-order valence-electron chi connectivity index (χ2n) is 5.34. The van der Waals surface area contributed by atoms with Crippen molar-refractivity contribution in [2.75, 3.05) is 6.54 Å². The van der Waals surface area contributed by atoms with E-state index in [1.807, 2.05) is 48.0 Å². The van der Waals surface area contributed by atoms with E-state index in [-0.39, 0.29) is 12.5 Å². The summed E-state index contributed by atoms with van der Waals surface area (Å²) in [5.74, 6) is -1.65. The maximum absolute atomic E-state index is 11.8. The molecule has 0 aliphatic carbocycles. The number of hydrogen-bond donors (Lipinski definition) is 2. The van der Waals surface area contributed by atoms with Gasteiger partial charge in [-0.15, -0.1) is 0 Å². The highest BCUT2D eigenvalue weighted by Gasteiger charge is 2.19. The van der Waals surface area contributed by atoms with E-state index in [0.717, 1.165) is 16.7 Å². The lowest BCUT2D eigenvalue weighted by Crippen LogP contribution is -2.34. The van der Waals surface area contributed by atoms with Crippen LogP contribution in [0, 0.1) is 12.8 Å². The third-order valence-electron chi connectivity index (χ3n) is 3.40. The van der Waals surface area contributed by atoms with Crippen molar-refractivity contribution in [3.63, 3.8) is 0 Å². The maximum Gasteiger partial charge on any atom is 0.308 e. The summed E-state index contributed by atoms with van der Waals surface area (Å²) in [6.45, 7) is 2.12. The fourth-order valence-corrected chi connectivity index (χ4v) is 2.92. The summed E-state index contributed by atoms with van der Waals surface area (Å²) in [6, 6.07) is 9.67. The Morgan fingerprint density at radius 3 is 2.73 bits per heavy atom. The first kappa shape index (κ1) is 16.2. The Bertz CT molecular complexity index is 637. The van der Waals surface area contributed by atoms with Crippen molar-refractivity contribution in [1.29, 1.82) is 0 Å². The zero-order chi connectivity index (χ0) is 15.9. The predicted octanol–water partition coefficient (Wildman–Crippen LogP) is 2.66. The number of carbonyl (C=O) groups excluding carboxylic acids is 1. The van der Waals surface area contributed by atoms with Gasteiger partial charge in [-0.05, 0) is 41.3 Å². The molecule has 5 heteroatoms. The SMILES string of the molecule is Cc1cccc(C[C@@H](CNC(=O)Cc2ccsc2)C(=O)O)c1. The standard InChI is InChI=1S/C17H19NO3S/c1-12-3-2-4-13(7-12)8-15(17(20)21)10-18-16(19)9-14-5-6-22-11-14/h2-7,11,15H,8-10H2,1H3,(H,18,19)(H,20,21)/t15-/m0/s1. The van der Waals surface area contributed by atoms with Crippen molar-refractivity contribution < 1.29 is 14.7 Å².